The summed E-state index contributed by atoms with van der Waals surface area (Å²) in [6.45, 7) is 0. The summed E-state index contributed by atoms with van der Waals surface area (Å²) in [5.41, 5.74) is 8.09. The maximum atomic E-state index is 13.3. The molecule has 4 aromatic heterocycles. The van der Waals surface area contributed by atoms with E-state index in [0.29, 0.717) is 22.5 Å². The first-order valence-electron chi connectivity index (χ1n) is 20.2. The van der Waals surface area contributed by atoms with Gasteiger partial charge in [0.1, 0.15) is 0 Å². The Hall–Kier alpha value is -8.42. The molecule has 0 unspecified atom stereocenters. The van der Waals surface area contributed by atoms with E-state index in [2.05, 4.69) is 114 Å². The van der Waals surface area contributed by atoms with Gasteiger partial charge < -0.3 is 13.7 Å². The van der Waals surface area contributed by atoms with Gasteiger partial charge in [-0.25, -0.2) is 9.59 Å². The average Bonchev–Trinajstić information content (AvgIpc) is 3.82. The van der Waals surface area contributed by atoms with Gasteiger partial charge in [-0.2, -0.15) is 0 Å². The van der Waals surface area contributed by atoms with Gasteiger partial charge in [0, 0.05) is 50.7 Å². The van der Waals surface area contributed by atoms with Crippen LogP contribution in [0.2, 0.25) is 0 Å². The molecule has 288 valence electrons. The number of para-hydroxylation sites is 2. The van der Waals surface area contributed by atoms with E-state index in [1.54, 1.807) is 12.1 Å². The highest BCUT2D eigenvalue weighted by Gasteiger charge is 2.22. The van der Waals surface area contributed by atoms with Crippen molar-refractivity contribution in [3.05, 3.63) is 221 Å². The molecule has 0 bridgehead atoms. The highest BCUT2D eigenvalue weighted by molar-refractivity contribution is 6.12. The minimum Gasteiger partial charge on any atom is -0.405 e. The maximum absolute atomic E-state index is 13.3. The number of fused-ring (bicyclic) bond motifs is 8. The first kappa shape index (κ1) is 34.6. The summed E-state index contributed by atoms with van der Waals surface area (Å²) >= 11 is 0. The number of anilines is 3. The zero-order valence-corrected chi connectivity index (χ0v) is 32.5. The Morgan fingerprint density at radius 3 is 1.23 bits per heavy atom. The van der Waals surface area contributed by atoms with Gasteiger partial charge in [-0.15, -0.1) is 0 Å². The van der Waals surface area contributed by atoms with E-state index in [0.717, 1.165) is 82.6 Å². The molecule has 0 spiro atoms. The van der Waals surface area contributed by atoms with Crippen LogP contribution in [0, 0.1) is 0 Å². The monoisotopic (exact) mass is 787 g/mol. The van der Waals surface area contributed by atoms with E-state index in [-0.39, 0.29) is 11.3 Å². The van der Waals surface area contributed by atoms with Gasteiger partial charge >= 0.3 is 11.3 Å². The molecule has 0 aliphatic carbocycles. The summed E-state index contributed by atoms with van der Waals surface area (Å²) in [4.78, 5) is 28.8. The molecule has 8 aromatic carbocycles. The lowest BCUT2D eigenvalue weighted by Crippen LogP contribution is -2.10. The molecule has 7 heteroatoms. The van der Waals surface area contributed by atoms with Gasteiger partial charge in [-0.3, -0.25) is 9.13 Å². The van der Waals surface area contributed by atoms with Crippen LogP contribution in [0.1, 0.15) is 0 Å². The smallest absolute Gasteiger partial charge is 0.345 e. The standard InChI is InChI=1S/C54H33N3O4/c58-53-41-16-6-4-14-36(41)30-51(60-53)56-47-20-10-8-18-43(47)45-32-39(26-28-49(45)56)55(38-24-22-35(23-25-38)34-12-2-1-3-13-34)40-27-29-50-46(33-40)44-19-9-11-21-48(44)57(50)52-31-37-15-5-7-17-42(37)54(59)61-52/h1-33H. The SMILES string of the molecule is O=c1oc(-n2c3ccccc3c3cc(N(c4ccc(-c5ccccc5)cc4)c4ccc5c(c4)c4ccccc4n5-c4cc5ccccc5c(=O)o4)ccc32)cc2ccccc12. The van der Waals surface area contributed by atoms with E-state index in [9.17, 15) is 9.59 Å². The largest absolute Gasteiger partial charge is 0.405 e. The van der Waals surface area contributed by atoms with Crippen molar-refractivity contribution in [3.63, 3.8) is 0 Å². The summed E-state index contributed by atoms with van der Waals surface area (Å²) in [6.07, 6.45) is 0. The fourth-order valence-corrected chi connectivity index (χ4v) is 9.02. The molecule has 0 saturated carbocycles. The number of hydrogen-bond acceptors (Lipinski definition) is 5. The fraction of sp³-hybridized carbons (Fsp3) is 0. The van der Waals surface area contributed by atoms with E-state index < -0.39 is 0 Å². The zero-order chi connectivity index (χ0) is 40.6. The molecule has 0 amide bonds. The highest BCUT2D eigenvalue weighted by atomic mass is 16.4. The topological polar surface area (TPSA) is 73.5 Å². The van der Waals surface area contributed by atoms with Gasteiger partial charge in [0.2, 0.25) is 11.8 Å². The van der Waals surface area contributed by atoms with Crippen molar-refractivity contribution >= 4 is 82.2 Å². The van der Waals surface area contributed by atoms with Crippen LogP contribution in [0.5, 0.6) is 0 Å². The molecular weight excluding hydrogens is 755 g/mol. The van der Waals surface area contributed by atoms with Crippen molar-refractivity contribution in [1.82, 2.24) is 9.13 Å². The number of rotatable bonds is 6. The molecule has 12 rings (SSSR count). The first-order valence-corrected chi connectivity index (χ1v) is 20.2. The minimum atomic E-state index is -0.375. The van der Waals surface area contributed by atoms with Gasteiger partial charge in [0.15, 0.2) is 0 Å². The van der Waals surface area contributed by atoms with Gasteiger partial charge in [-0.05, 0) is 94.7 Å². The normalized spacial score (nSPS) is 11.7. The van der Waals surface area contributed by atoms with E-state index in [1.165, 1.54) is 0 Å². The van der Waals surface area contributed by atoms with Crippen LogP contribution in [0.3, 0.4) is 0 Å². The van der Waals surface area contributed by atoms with Crippen LogP contribution < -0.4 is 16.2 Å². The predicted octanol–water partition coefficient (Wildman–Crippen LogP) is 13.2. The van der Waals surface area contributed by atoms with Crippen molar-refractivity contribution in [2.45, 2.75) is 0 Å². The van der Waals surface area contributed by atoms with Crippen molar-refractivity contribution in [2.75, 3.05) is 4.90 Å². The Balaban J connectivity index is 1.07. The van der Waals surface area contributed by atoms with Gasteiger partial charge in [-0.1, -0.05) is 115 Å². The van der Waals surface area contributed by atoms with Crippen LogP contribution in [0.4, 0.5) is 17.1 Å². The Morgan fingerprint density at radius 1 is 0.328 bits per heavy atom. The third kappa shape index (κ3) is 5.52. The Labute approximate surface area is 347 Å². The lowest BCUT2D eigenvalue weighted by Gasteiger charge is -2.26. The summed E-state index contributed by atoms with van der Waals surface area (Å²) in [5, 5.41) is 6.82. The zero-order valence-electron chi connectivity index (χ0n) is 32.5. The van der Waals surface area contributed by atoms with Crippen molar-refractivity contribution < 1.29 is 8.83 Å². The third-order valence-electron chi connectivity index (χ3n) is 11.8. The van der Waals surface area contributed by atoms with Crippen molar-refractivity contribution in [3.8, 4) is 22.9 Å². The lowest BCUT2D eigenvalue weighted by molar-refractivity contribution is 0.501. The number of hydrogen-bond donors (Lipinski definition) is 0. The summed E-state index contributed by atoms with van der Waals surface area (Å²) < 4.78 is 16.1. The molecular formula is C54H33N3O4. The second kappa shape index (κ2) is 13.6. The second-order valence-electron chi connectivity index (χ2n) is 15.3. The molecule has 7 nitrogen and oxygen atoms in total. The molecule has 0 saturated heterocycles. The Kier molecular flexibility index (Phi) is 7.70. The van der Waals surface area contributed by atoms with Crippen molar-refractivity contribution in [1.29, 1.82) is 0 Å². The quantitative estimate of drug-likeness (QED) is 0.168. The molecule has 0 fully saturated rings. The summed E-state index contributed by atoms with van der Waals surface area (Å²) in [7, 11) is 0. The molecule has 0 aliphatic rings. The lowest BCUT2D eigenvalue weighted by atomic mass is 10.0. The fourth-order valence-electron chi connectivity index (χ4n) is 9.02. The number of benzene rings is 8. The number of nitrogens with zero attached hydrogens (tertiary/aromatic N) is 3. The van der Waals surface area contributed by atoms with E-state index in [1.807, 2.05) is 88.0 Å². The van der Waals surface area contributed by atoms with Crippen molar-refractivity contribution in [2.24, 2.45) is 0 Å². The second-order valence-corrected chi connectivity index (χ2v) is 15.3. The molecule has 0 N–H and O–H groups in total. The molecule has 0 atom stereocenters. The molecule has 4 heterocycles. The summed E-state index contributed by atoms with van der Waals surface area (Å²) in [5.74, 6) is 0.917. The van der Waals surface area contributed by atoms with E-state index in [4.69, 9.17) is 8.83 Å². The summed E-state index contributed by atoms with van der Waals surface area (Å²) in [6, 6.07) is 67.3. The first-order chi connectivity index (χ1) is 30.1. The van der Waals surface area contributed by atoms with Gasteiger partial charge in [0.05, 0.1) is 32.8 Å². The average molecular weight is 788 g/mol. The third-order valence-corrected chi connectivity index (χ3v) is 11.8. The van der Waals surface area contributed by atoms with Crippen LogP contribution in [0.25, 0.3) is 88.1 Å². The molecule has 0 radical (unpaired) electrons. The Morgan fingerprint density at radius 2 is 0.721 bits per heavy atom. The molecule has 61 heavy (non-hydrogen) atoms. The highest BCUT2D eigenvalue weighted by Crippen LogP contribution is 2.43. The number of aromatic nitrogens is 2. The van der Waals surface area contributed by atoms with Crippen LogP contribution >= 0.6 is 0 Å². The minimum absolute atomic E-state index is 0.375. The van der Waals surface area contributed by atoms with E-state index >= 15 is 0 Å². The molecule has 0 aliphatic heterocycles. The maximum Gasteiger partial charge on any atom is 0.345 e. The van der Waals surface area contributed by atoms with Crippen LogP contribution in [-0.2, 0) is 0 Å². The Bertz CT molecular complexity index is 3610. The van der Waals surface area contributed by atoms with Crippen LogP contribution in [0.15, 0.2) is 219 Å². The van der Waals surface area contributed by atoms with Gasteiger partial charge in [0.25, 0.3) is 0 Å². The predicted molar refractivity (Wildman–Crippen MR) is 247 cm³/mol. The van der Waals surface area contributed by atoms with Crippen LogP contribution in [-0.4, -0.2) is 9.13 Å². The molecule has 12 aromatic rings.